The van der Waals surface area contributed by atoms with E-state index in [4.69, 9.17) is 13.8 Å². The number of allylic oxidation sites excluding steroid dienone is 6. The Morgan fingerprint density at radius 3 is 1.51 bits per heavy atom. The lowest BCUT2D eigenvalue weighted by Gasteiger charge is -2.15. The average Bonchev–Trinajstić information content (AvgIpc) is 3.17. The van der Waals surface area contributed by atoms with E-state index < -0.39 is 26.5 Å². The minimum atomic E-state index is -4.42. The second-order valence-electron chi connectivity index (χ2n) is 15.0. The first kappa shape index (κ1) is 53.2. The van der Waals surface area contributed by atoms with E-state index in [1.54, 1.807) is 0 Å². The van der Waals surface area contributed by atoms with E-state index >= 15 is 0 Å². The third-order valence-electron chi connectivity index (χ3n) is 9.57. The van der Waals surface area contributed by atoms with Gasteiger partial charge in [0.2, 0.25) is 5.91 Å². The van der Waals surface area contributed by atoms with E-state index in [1.807, 2.05) is 0 Å². The van der Waals surface area contributed by atoms with Crippen LogP contribution in [0.15, 0.2) is 36.5 Å². The maximum Gasteiger partial charge on any atom is 0.472 e. The third kappa shape index (κ3) is 43.2. The van der Waals surface area contributed by atoms with Crippen molar-refractivity contribution in [3.05, 3.63) is 36.5 Å². The lowest BCUT2D eigenvalue weighted by molar-refractivity contribution is -0.147. The molecule has 0 bridgehead atoms. The van der Waals surface area contributed by atoms with Gasteiger partial charge in [0.05, 0.1) is 13.2 Å². The van der Waals surface area contributed by atoms with Gasteiger partial charge in [-0.3, -0.25) is 18.6 Å². The molecule has 0 aliphatic rings. The Bertz CT molecular complexity index is 1000. The Morgan fingerprint density at radius 1 is 0.564 bits per heavy atom. The van der Waals surface area contributed by atoms with Crippen LogP contribution in [-0.2, 0) is 27.9 Å². The predicted molar refractivity (Wildman–Crippen MR) is 229 cm³/mol. The van der Waals surface area contributed by atoms with Gasteiger partial charge in [0.1, 0.15) is 12.7 Å². The minimum Gasteiger partial charge on any atom is -0.463 e. The minimum absolute atomic E-state index is 0.0782. The molecule has 9 nitrogen and oxygen atoms in total. The van der Waals surface area contributed by atoms with E-state index in [9.17, 15) is 24.2 Å². The van der Waals surface area contributed by atoms with Crippen molar-refractivity contribution in [2.45, 2.75) is 213 Å². The van der Waals surface area contributed by atoms with Gasteiger partial charge < -0.3 is 20.1 Å². The van der Waals surface area contributed by atoms with Crippen LogP contribution >= 0.6 is 7.82 Å². The number of aliphatic hydroxyl groups is 1. The second-order valence-corrected chi connectivity index (χ2v) is 16.5. The molecule has 2 atom stereocenters. The molecule has 322 valence electrons. The molecule has 3 N–H and O–H groups in total. The Kier molecular flexibility index (Phi) is 40.5. The first-order valence-electron chi connectivity index (χ1n) is 22.5. The highest BCUT2D eigenvalue weighted by Gasteiger charge is 2.23. The number of phosphoric ester groups is 1. The number of hydrogen-bond donors (Lipinski definition) is 3. The summed E-state index contributed by atoms with van der Waals surface area (Å²) in [5.41, 5.74) is 0. The van der Waals surface area contributed by atoms with Gasteiger partial charge in [0, 0.05) is 19.4 Å². The van der Waals surface area contributed by atoms with E-state index in [-0.39, 0.29) is 32.1 Å². The molecule has 0 spiro atoms. The Labute approximate surface area is 337 Å². The molecule has 0 aliphatic heterocycles. The van der Waals surface area contributed by atoms with Crippen molar-refractivity contribution < 1.29 is 37.9 Å². The molecular weight excluding hydrogens is 713 g/mol. The van der Waals surface area contributed by atoms with Gasteiger partial charge in [0.25, 0.3) is 0 Å². The van der Waals surface area contributed by atoms with Gasteiger partial charge >= 0.3 is 13.8 Å². The molecule has 0 saturated carbocycles. The maximum absolute atomic E-state index is 12.1. The quantitative estimate of drug-likeness (QED) is 0.0241. The number of rotatable bonds is 42. The van der Waals surface area contributed by atoms with Gasteiger partial charge in [-0.2, -0.15) is 0 Å². The van der Waals surface area contributed by atoms with Crippen LogP contribution in [0, 0.1) is 0 Å². The van der Waals surface area contributed by atoms with Gasteiger partial charge in [-0.05, 0) is 51.4 Å². The van der Waals surface area contributed by atoms with E-state index in [1.165, 1.54) is 122 Å². The number of nitrogens with one attached hydrogen (secondary N) is 1. The van der Waals surface area contributed by atoms with E-state index in [2.05, 4.69) is 55.6 Å². The highest BCUT2D eigenvalue weighted by atomic mass is 31.2. The van der Waals surface area contributed by atoms with Crippen molar-refractivity contribution in [3.8, 4) is 0 Å². The SMILES string of the molecule is CCCCC/C=C\C/C=C\C/C=C\CCCCCCCCCCC(=O)NCCOP(=O)(O)OCC(O)COC(=O)CCCCCCCCCCCCCCC. The van der Waals surface area contributed by atoms with Gasteiger partial charge in [-0.15, -0.1) is 0 Å². The summed E-state index contributed by atoms with van der Waals surface area (Å²) in [7, 11) is -4.42. The summed E-state index contributed by atoms with van der Waals surface area (Å²) in [6.45, 7) is 3.53. The summed E-state index contributed by atoms with van der Waals surface area (Å²) in [5.74, 6) is -0.520. The average molecular weight is 798 g/mol. The lowest BCUT2D eigenvalue weighted by Crippen LogP contribution is -2.27. The van der Waals surface area contributed by atoms with Gasteiger partial charge in [0.15, 0.2) is 0 Å². The monoisotopic (exact) mass is 798 g/mol. The van der Waals surface area contributed by atoms with Crippen LogP contribution in [0.2, 0.25) is 0 Å². The number of unbranched alkanes of at least 4 members (excludes halogenated alkanes) is 23. The number of ether oxygens (including phenoxy) is 1. The maximum atomic E-state index is 12.1. The smallest absolute Gasteiger partial charge is 0.463 e. The zero-order valence-electron chi connectivity index (χ0n) is 35.4. The van der Waals surface area contributed by atoms with Crippen LogP contribution in [0.3, 0.4) is 0 Å². The molecule has 0 aromatic heterocycles. The van der Waals surface area contributed by atoms with Crippen LogP contribution in [0.25, 0.3) is 0 Å². The molecule has 0 aliphatic carbocycles. The Hall–Kier alpha value is -1.77. The lowest BCUT2D eigenvalue weighted by atomic mass is 10.0. The van der Waals surface area contributed by atoms with Crippen LogP contribution in [0.4, 0.5) is 0 Å². The van der Waals surface area contributed by atoms with Crippen LogP contribution in [0.5, 0.6) is 0 Å². The molecule has 1 amide bonds. The second kappa shape index (κ2) is 41.9. The largest absolute Gasteiger partial charge is 0.472 e. The van der Waals surface area contributed by atoms with Crippen molar-refractivity contribution in [2.24, 2.45) is 0 Å². The van der Waals surface area contributed by atoms with E-state index in [0.717, 1.165) is 57.8 Å². The molecule has 0 rings (SSSR count). The molecule has 0 radical (unpaired) electrons. The molecular formula is C45H84NO8P. The van der Waals surface area contributed by atoms with Crippen LogP contribution in [-0.4, -0.2) is 54.3 Å². The number of hydrogen-bond acceptors (Lipinski definition) is 7. The summed E-state index contributed by atoms with van der Waals surface area (Å²) in [6, 6.07) is 0. The topological polar surface area (TPSA) is 131 Å². The van der Waals surface area contributed by atoms with Crippen molar-refractivity contribution in [1.29, 1.82) is 0 Å². The number of amides is 1. The standard InChI is InChI=1S/C45H84NO8P/c1-3-5-7-9-11-13-15-17-18-19-20-21-22-23-24-26-27-29-31-33-35-37-44(48)46-39-40-53-55(50,51)54-42-43(47)41-52-45(49)38-36-34-32-30-28-25-16-14-12-10-8-6-4-2/h11,13,17-18,20-21,43,47H,3-10,12,14-16,19,22-42H2,1-2H3,(H,46,48)(H,50,51)/b13-11-,18-17-,21-20-. The molecule has 0 heterocycles. The van der Waals surface area contributed by atoms with Crippen molar-refractivity contribution in [2.75, 3.05) is 26.4 Å². The fourth-order valence-electron chi connectivity index (χ4n) is 6.15. The molecule has 0 fully saturated rings. The van der Waals surface area contributed by atoms with Crippen molar-refractivity contribution in [3.63, 3.8) is 0 Å². The Balaban J connectivity index is 3.59. The molecule has 10 heteroatoms. The molecule has 0 saturated heterocycles. The summed E-state index contributed by atoms with van der Waals surface area (Å²) >= 11 is 0. The Morgan fingerprint density at radius 2 is 0.982 bits per heavy atom. The molecule has 2 unspecified atom stereocenters. The zero-order valence-corrected chi connectivity index (χ0v) is 36.3. The first-order valence-corrected chi connectivity index (χ1v) is 24.0. The number of aliphatic hydroxyl groups excluding tert-OH is 1. The predicted octanol–water partition coefficient (Wildman–Crippen LogP) is 12.6. The summed E-state index contributed by atoms with van der Waals surface area (Å²) in [5, 5.41) is 12.7. The number of phosphoric acid groups is 1. The first-order chi connectivity index (χ1) is 26.8. The van der Waals surface area contributed by atoms with Gasteiger partial charge in [-0.25, -0.2) is 4.57 Å². The number of carbonyl (C=O) groups excluding carboxylic acids is 2. The summed E-state index contributed by atoms with van der Waals surface area (Å²) in [6.07, 6.45) is 46.4. The zero-order chi connectivity index (χ0) is 40.3. The van der Waals surface area contributed by atoms with Gasteiger partial charge in [-0.1, -0.05) is 179 Å². The fourth-order valence-corrected chi connectivity index (χ4v) is 6.91. The van der Waals surface area contributed by atoms with Crippen molar-refractivity contribution >= 4 is 19.7 Å². The number of carbonyl (C=O) groups is 2. The van der Waals surface area contributed by atoms with Crippen LogP contribution < -0.4 is 5.32 Å². The fraction of sp³-hybridized carbons (Fsp3) is 0.822. The molecule has 0 aromatic carbocycles. The molecule has 0 aromatic rings. The molecule has 55 heavy (non-hydrogen) atoms. The van der Waals surface area contributed by atoms with E-state index in [0.29, 0.717) is 6.42 Å². The summed E-state index contributed by atoms with van der Waals surface area (Å²) < 4.78 is 26.9. The third-order valence-corrected chi connectivity index (χ3v) is 10.6. The highest BCUT2D eigenvalue weighted by molar-refractivity contribution is 7.47. The summed E-state index contributed by atoms with van der Waals surface area (Å²) in [4.78, 5) is 33.9. The van der Waals surface area contributed by atoms with Crippen LogP contribution in [0.1, 0.15) is 206 Å². The number of esters is 1. The highest BCUT2D eigenvalue weighted by Crippen LogP contribution is 2.42. The normalized spacial score (nSPS) is 13.6. The van der Waals surface area contributed by atoms with Crippen molar-refractivity contribution in [1.82, 2.24) is 5.32 Å².